The van der Waals surface area contributed by atoms with Gasteiger partial charge in [-0.3, -0.25) is 0 Å². The van der Waals surface area contributed by atoms with Gasteiger partial charge in [0.2, 0.25) is 10.0 Å². The predicted octanol–water partition coefficient (Wildman–Crippen LogP) is 3.16. The smallest absolute Gasteiger partial charge is 0.243 e. The van der Waals surface area contributed by atoms with E-state index in [0.717, 1.165) is 25.3 Å². The SMILES string of the molecule is Cl.O=S(=O)(c1ccc(F)c(Br)c1)N1CCC(NCC2CC2)CC1. The monoisotopic (exact) mass is 426 g/mol. The molecule has 3 rings (SSSR count). The van der Waals surface area contributed by atoms with E-state index < -0.39 is 15.8 Å². The third kappa shape index (κ3) is 4.66. The van der Waals surface area contributed by atoms with Gasteiger partial charge in [-0.25, -0.2) is 12.8 Å². The Kier molecular flexibility index (Phi) is 6.47. The highest BCUT2D eigenvalue weighted by Crippen LogP contribution is 2.29. The first-order chi connectivity index (χ1) is 10.5. The molecule has 0 amide bonds. The minimum absolute atomic E-state index is 0. The van der Waals surface area contributed by atoms with Gasteiger partial charge in [0.05, 0.1) is 9.37 Å². The van der Waals surface area contributed by atoms with Crippen LogP contribution in [0.3, 0.4) is 0 Å². The van der Waals surface area contributed by atoms with Crippen molar-refractivity contribution in [3.05, 3.63) is 28.5 Å². The van der Waals surface area contributed by atoms with Crippen molar-refractivity contribution in [2.75, 3.05) is 19.6 Å². The molecule has 0 spiro atoms. The maximum absolute atomic E-state index is 13.3. The molecule has 1 N–H and O–H groups in total. The number of hydrogen-bond acceptors (Lipinski definition) is 3. The topological polar surface area (TPSA) is 49.4 Å². The van der Waals surface area contributed by atoms with Gasteiger partial charge in [0.25, 0.3) is 0 Å². The molecule has 4 nitrogen and oxygen atoms in total. The van der Waals surface area contributed by atoms with Crippen LogP contribution in [0, 0.1) is 11.7 Å². The normalized spacial score (nSPS) is 20.3. The third-order valence-corrected chi connectivity index (χ3v) is 6.88. The van der Waals surface area contributed by atoms with E-state index in [4.69, 9.17) is 0 Å². The van der Waals surface area contributed by atoms with Crippen molar-refractivity contribution < 1.29 is 12.8 Å². The summed E-state index contributed by atoms with van der Waals surface area (Å²) in [5, 5.41) is 3.53. The summed E-state index contributed by atoms with van der Waals surface area (Å²) in [5.41, 5.74) is 0. The van der Waals surface area contributed by atoms with Gasteiger partial charge in [0.15, 0.2) is 0 Å². The second kappa shape index (κ2) is 7.78. The Morgan fingerprint density at radius 1 is 1.22 bits per heavy atom. The first-order valence-corrected chi connectivity index (χ1v) is 9.89. The summed E-state index contributed by atoms with van der Waals surface area (Å²) in [6.07, 6.45) is 4.29. The number of sulfonamides is 1. The standard InChI is InChI=1S/C15H20BrFN2O2S.ClH/c16-14-9-13(3-4-15(14)17)22(20,21)19-7-5-12(6-8-19)18-10-11-1-2-11;/h3-4,9,11-12,18H,1-2,5-8,10H2;1H. The van der Waals surface area contributed by atoms with Crippen molar-refractivity contribution in [1.82, 2.24) is 9.62 Å². The van der Waals surface area contributed by atoms with Crippen LogP contribution in [-0.2, 0) is 10.0 Å². The highest BCUT2D eigenvalue weighted by Gasteiger charge is 2.30. The molecule has 0 aromatic heterocycles. The van der Waals surface area contributed by atoms with Crippen LogP contribution < -0.4 is 5.32 Å². The van der Waals surface area contributed by atoms with Crippen molar-refractivity contribution in [3.8, 4) is 0 Å². The number of benzene rings is 1. The van der Waals surface area contributed by atoms with Crippen molar-refractivity contribution in [3.63, 3.8) is 0 Å². The molecule has 8 heteroatoms. The molecule has 1 aromatic carbocycles. The molecule has 1 saturated heterocycles. The zero-order chi connectivity index (χ0) is 15.7. The lowest BCUT2D eigenvalue weighted by Gasteiger charge is -2.31. The van der Waals surface area contributed by atoms with Gasteiger partial charge >= 0.3 is 0 Å². The minimum Gasteiger partial charge on any atom is -0.314 e. The number of nitrogens with one attached hydrogen (secondary N) is 1. The van der Waals surface area contributed by atoms with Crippen LogP contribution in [0.4, 0.5) is 4.39 Å². The molecule has 0 unspecified atom stereocenters. The molecule has 1 aliphatic heterocycles. The highest BCUT2D eigenvalue weighted by atomic mass is 79.9. The molecule has 130 valence electrons. The molecule has 0 bridgehead atoms. The summed E-state index contributed by atoms with van der Waals surface area (Å²) in [6, 6.07) is 4.25. The van der Waals surface area contributed by atoms with Crippen molar-refractivity contribution >= 4 is 38.4 Å². The van der Waals surface area contributed by atoms with Crippen LogP contribution in [0.15, 0.2) is 27.6 Å². The Morgan fingerprint density at radius 2 is 1.87 bits per heavy atom. The zero-order valence-corrected chi connectivity index (χ0v) is 15.9. The fraction of sp³-hybridized carbons (Fsp3) is 0.600. The lowest BCUT2D eigenvalue weighted by molar-refractivity contribution is 0.288. The predicted molar refractivity (Wildman–Crippen MR) is 93.9 cm³/mol. The summed E-state index contributed by atoms with van der Waals surface area (Å²) in [4.78, 5) is 0.144. The lowest BCUT2D eigenvalue weighted by atomic mass is 10.1. The van der Waals surface area contributed by atoms with Crippen molar-refractivity contribution in [2.24, 2.45) is 5.92 Å². The quantitative estimate of drug-likeness (QED) is 0.785. The first-order valence-electron chi connectivity index (χ1n) is 7.65. The largest absolute Gasteiger partial charge is 0.314 e. The third-order valence-electron chi connectivity index (χ3n) is 4.37. The Bertz CT molecular complexity index is 647. The molecule has 1 aromatic rings. The number of rotatable bonds is 5. The van der Waals surface area contributed by atoms with Gasteiger partial charge in [0.1, 0.15) is 5.82 Å². The van der Waals surface area contributed by atoms with Crippen LogP contribution in [0.25, 0.3) is 0 Å². The van der Waals surface area contributed by atoms with Crippen LogP contribution >= 0.6 is 28.3 Å². The van der Waals surface area contributed by atoms with E-state index in [2.05, 4.69) is 21.2 Å². The van der Waals surface area contributed by atoms with Crippen LogP contribution in [0.1, 0.15) is 25.7 Å². The average molecular weight is 428 g/mol. The average Bonchev–Trinajstić information content (AvgIpc) is 3.32. The van der Waals surface area contributed by atoms with E-state index in [1.807, 2.05) is 0 Å². The molecule has 2 fully saturated rings. The number of piperidine rings is 1. The second-order valence-corrected chi connectivity index (χ2v) is 8.90. The van der Waals surface area contributed by atoms with Gasteiger partial charge < -0.3 is 5.32 Å². The van der Waals surface area contributed by atoms with Gasteiger partial charge in [-0.15, -0.1) is 12.4 Å². The van der Waals surface area contributed by atoms with Crippen molar-refractivity contribution in [1.29, 1.82) is 0 Å². The molecular formula is C15H21BrClFN2O2S. The maximum atomic E-state index is 13.3. The van der Waals surface area contributed by atoms with E-state index in [-0.39, 0.29) is 21.8 Å². The van der Waals surface area contributed by atoms with Gasteiger partial charge in [-0.1, -0.05) is 0 Å². The Labute approximate surface area is 151 Å². The first kappa shape index (κ1) is 19.1. The summed E-state index contributed by atoms with van der Waals surface area (Å²) in [6.45, 7) is 2.08. The summed E-state index contributed by atoms with van der Waals surface area (Å²) in [5.74, 6) is 0.375. The Hall–Kier alpha value is -0.210. The van der Waals surface area contributed by atoms with E-state index in [1.165, 1.54) is 35.3 Å². The Balaban J connectivity index is 0.00000192. The minimum atomic E-state index is -3.53. The molecular weight excluding hydrogens is 407 g/mol. The maximum Gasteiger partial charge on any atom is 0.243 e. The molecule has 1 aliphatic carbocycles. The fourth-order valence-corrected chi connectivity index (χ4v) is 4.77. The van der Waals surface area contributed by atoms with Gasteiger partial charge in [0, 0.05) is 19.1 Å². The van der Waals surface area contributed by atoms with E-state index in [9.17, 15) is 12.8 Å². The van der Waals surface area contributed by atoms with Crippen molar-refractivity contribution in [2.45, 2.75) is 36.6 Å². The molecule has 0 radical (unpaired) electrons. The lowest BCUT2D eigenvalue weighted by Crippen LogP contribution is -2.45. The van der Waals surface area contributed by atoms with E-state index in [1.54, 1.807) is 0 Å². The molecule has 1 saturated carbocycles. The van der Waals surface area contributed by atoms with Crippen LogP contribution in [0.2, 0.25) is 0 Å². The summed E-state index contributed by atoms with van der Waals surface area (Å²) < 4.78 is 40.1. The highest BCUT2D eigenvalue weighted by molar-refractivity contribution is 9.10. The van der Waals surface area contributed by atoms with E-state index in [0.29, 0.717) is 19.1 Å². The Morgan fingerprint density at radius 3 is 2.43 bits per heavy atom. The second-order valence-electron chi connectivity index (χ2n) is 6.11. The number of nitrogens with zero attached hydrogens (tertiary/aromatic N) is 1. The molecule has 0 atom stereocenters. The number of hydrogen-bond donors (Lipinski definition) is 1. The summed E-state index contributed by atoms with van der Waals surface area (Å²) >= 11 is 3.04. The van der Waals surface area contributed by atoms with Gasteiger partial charge in [-0.05, 0) is 72.3 Å². The van der Waals surface area contributed by atoms with Crippen LogP contribution in [0.5, 0.6) is 0 Å². The van der Waals surface area contributed by atoms with Crippen LogP contribution in [-0.4, -0.2) is 38.4 Å². The summed E-state index contributed by atoms with van der Waals surface area (Å²) in [7, 11) is -3.53. The fourth-order valence-electron chi connectivity index (χ4n) is 2.74. The molecule has 2 aliphatic rings. The zero-order valence-electron chi connectivity index (χ0n) is 12.7. The number of halogens is 3. The molecule has 23 heavy (non-hydrogen) atoms. The van der Waals surface area contributed by atoms with E-state index >= 15 is 0 Å². The molecule has 1 heterocycles. The van der Waals surface area contributed by atoms with Gasteiger partial charge in [-0.2, -0.15) is 4.31 Å².